The Morgan fingerprint density at radius 1 is 1.59 bits per heavy atom. The lowest BCUT2D eigenvalue weighted by atomic mass is 10.1. The monoisotopic (exact) mass is 256 g/mol. The van der Waals surface area contributed by atoms with E-state index >= 15 is 0 Å². The predicted molar refractivity (Wildman–Crippen MR) is 67.9 cm³/mol. The van der Waals surface area contributed by atoms with E-state index in [9.17, 15) is 4.79 Å². The zero-order valence-electron chi connectivity index (χ0n) is 9.94. The summed E-state index contributed by atoms with van der Waals surface area (Å²) in [5.41, 5.74) is 6.56. The molecule has 0 fully saturated rings. The van der Waals surface area contributed by atoms with E-state index in [0.717, 1.165) is 5.56 Å². The summed E-state index contributed by atoms with van der Waals surface area (Å²) in [4.78, 5) is 11.7. The Balaban J connectivity index is 2.60. The van der Waals surface area contributed by atoms with Crippen LogP contribution in [0.5, 0.6) is 0 Å². The third-order valence-corrected chi connectivity index (χ3v) is 2.63. The molecule has 0 heterocycles. The standard InChI is InChI=1S/C12H17ClN2O2/c1-8(9-4-3-5-10(13)6-9)15-12(16)11(14)7-17-2/h3-6,8,11H,7,14H2,1-2H3,(H,15,16). The summed E-state index contributed by atoms with van der Waals surface area (Å²) in [5, 5.41) is 3.45. The highest BCUT2D eigenvalue weighted by molar-refractivity contribution is 6.30. The van der Waals surface area contributed by atoms with E-state index in [1.165, 1.54) is 7.11 Å². The Morgan fingerprint density at radius 3 is 2.88 bits per heavy atom. The molecule has 0 aliphatic carbocycles. The first-order chi connectivity index (χ1) is 8.04. The van der Waals surface area contributed by atoms with Crippen molar-refractivity contribution in [2.75, 3.05) is 13.7 Å². The van der Waals surface area contributed by atoms with Crippen molar-refractivity contribution in [3.05, 3.63) is 34.9 Å². The number of nitrogens with two attached hydrogens (primary N) is 1. The highest BCUT2D eigenvalue weighted by Crippen LogP contribution is 2.17. The molecule has 1 rings (SSSR count). The van der Waals surface area contributed by atoms with Crippen LogP contribution in [0.25, 0.3) is 0 Å². The first-order valence-corrected chi connectivity index (χ1v) is 5.72. The molecule has 1 aromatic rings. The van der Waals surface area contributed by atoms with E-state index in [1.807, 2.05) is 25.1 Å². The average Bonchev–Trinajstić information content (AvgIpc) is 2.29. The molecule has 5 heteroatoms. The SMILES string of the molecule is COCC(N)C(=O)NC(C)c1cccc(Cl)c1. The summed E-state index contributed by atoms with van der Waals surface area (Å²) in [7, 11) is 1.51. The highest BCUT2D eigenvalue weighted by Gasteiger charge is 2.16. The third kappa shape index (κ3) is 4.34. The number of rotatable bonds is 5. The van der Waals surface area contributed by atoms with Gasteiger partial charge in [0, 0.05) is 12.1 Å². The van der Waals surface area contributed by atoms with Crippen molar-refractivity contribution in [3.63, 3.8) is 0 Å². The average molecular weight is 257 g/mol. The number of carbonyl (C=O) groups excluding carboxylic acids is 1. The normalized spacial score (nSPS) is 14.1. The molecule has 0 saturated carbocycles. The molecule has 0 radical (unpaired) electrons. The minimum atomic E-state index is -0.651. The van der Waals surface area contributed by atoms with E-state index in [1.54, 1.807) is 6.07 Å². The number of amides is 1. The number of nitrogens with one attached hydrogen (secondary N) is 1. The number of hydrogen-bond acceptors (Lipinski definition) is 3. The summed E-state index contributed by atoms with van der Waals surface area (Å²) >= 11 is 5.88. The number of carbonyl (C=O) groups is 1. The van der Waals surface area contributed by atoms with Crippen LogP contribution in [0, 0.1) is 0 Å². The first-order valence-electron chi connectivity index (χ1n) is 5.35. The number of benzene rings is 1. The molecule has 2 unspecified atom stereocenters. The quantitative estimate of drug-likeness (QED) is 0.839. The van der Waals surface area contributed by atoms with Crippen LogP contribution in [0.3, 0.4) is 0 Å². The molecule has 2 atom stereocenters. The predicted octanol–water partition coefficient (Wildman–Crippen LogP) is 1.49. The highest BCUT2D eigenvalue weighted by atomic mass is 35.5. The van der Waals surface area contributed by atoms with Gasteiger partial charge in [-0.15, -0.1) is 0 Å². The molecule has 94 valence electrons. The van der Waals surface area contributed by atoms with Gasteiger partial charge in [0.05, 0.1) is 12.6 Å². The van der Waals surface area contributed by atoms with Gasteiger partial charge in [0.25, 0.3) is 0 Å². The van der Waals surface area contributed by atoms with E-state index < -0.39 is 6.04 Å². The maximum absolute atomic E-state index is 11.7. The number of ether oxygens (including phenoxy) is 1. The fraction of sp³-hybridized carbons (Fsp3) is 0.417. The Hall–Kier alpha value is -1.10. The van der Waals surface area contributed by atoms with E-state index in [0.29, 0.717) is 5.02 Å². The van der Waals surface area contributed by atoms with Gasteiger partial charge < -0.3 is 15.8 Å². The molecule has 0 aromatic heterocycles. The molecule has 3 N–H and O–H groups in total. The summed E-state index contributed by atoms with van der Waals surface area (Å²) in [5.74, 6) is -0.237. The smallest absolute Gasteiger partial charge is 0.239 e. The number of halogens is 1. The summed E-state index contributed by atoms with van der Waals surface area (Å²) in [6, 6.07) is 6.56. The fourth-order valence-electron chi connectivity index (χ4n) is 1.43. The molecular formula is C12H17ClN2O2. The van der Waals surface area contributed by atoms with Crippen molar-refractivity contribution < 1.29 is 9.53 Å². The Kier molecular flexibility index (Phi) is 5.41. The van der Waals surface area contributed by atoms with Crippen LogP contribution in [-0.2, 0) is 9.53 Å². The second kappa shape index (κ2) is 6.59. The second-order valence-electron chi connectivity index (χ2n) is 3.85. The van der Waals surface area contributed by atoms with Gasteiger partial charge in [-0.05, 0) is 24.6 Å². The molecular weight excluding hydrogens is 240 g/mol. The molecule has 0 spiro atoms. The van der Waals surface area contributed by atoms with Gasteiger partial charge in [0.2, 0.25) is 5.91 Å². The Bertz CT molecular complexity index is 385. The van der Waals surface area contributed by atoms with Crippen LogP contribution in [0.15, 0.2) is 24.3 Å². The summed E-state index contributed by atoms with van der Waals surface area (Å²) in [6.45, 7) is 2.08. The van der Waals surface area contributed by atoms with Crippen molar-refractivity contribution in [1.82, 2.24) is 5.32 Å². The fourth-order valence-corrected chi connectivity index (χ4v) is 1.63. The van der Waals surface area contributed by atoms with E-state index in [-0.39, 0.29) is 18.6 Å². The van der Waals surface area contributed by atoms with Gasteiger partial charge in [-0.2, -0.15) is 0 Å². The molecule has 0 bridgehead atoms. The van der Waals surface area contributed by atoms with Crippen molar-refractivity contribution in [2.24, 2.45) is 5.73 Å². The van der Waals surface area contributed by atoms with Crippen LogP contribution in [0.4, 0.5) is 0 Å². The lowest BCUT2D eigenvalue weighted by molar-refractivity contribution is -0.124. The Labute approximate surface area is 106 Å². The van der Waals surface area contributed by atoms with Crippen LogP contribution >= 0.6 is 11.6 Å². The van der Waals surface area contributed by atoms with Crippen LogP contribution in [0.1, 0.15) is 18.5 Å². The van der Waals surface area contributed by atoms with Crippen LogP contribution < -0.4 is 11.1 Å². The minimum Gasteiger partial charge on any atom is -0.383 e. The zero-order valence-corrected chi connectivity index (χ0v) is 10.7. The Morgan fingerprint density at radius 2 is 2.29 bits per heavy atom. The minimum absolute atomic E-state index is 0.135. The molecule has 1 aromatic carbocycles. The molecule has 17 heavy (non-hydrogen) atoms. The van der Waals surface area contributed by atoms with E-state index in [4.69, 9.17) is 22.1 Å². The van der Waals surface area contributed by atoms with Crippen LogP contribution in [-0.4, -0.2) is 25.7 Å². The molecule has 0 aliphatic heterocycles. The van der Waals surface area contributed by atoms with Crippen molar-refractivity contribution in [2.45, 2.75) is 19.0 Å². The zero-order chi connectivity index (χ0) is 12.8. The van der Waals surface area contributed by atoms with Gasteiger partial charge >= 0.3 is 0 Å². The van der Waals surface area contributed by atoms with Crippen molar-refractivity contribution >= 4 is 17.5 Å². The summed E-state index contributed by atoms with van der Waals surface area (Å²) in [6.07, 6.45) is 0. The van der Waals surface area contributed by atoms with Gasteiger partial charge in [-0.1, -0.05) is 23.7 Å². The number of methoxy groups -OCH3 is 1. The van der Waals surface area contributed by atoms with Gasteiger partial charge in [-0.25, -0.2) is 0 Å². The topological polar surface area (TPSA) is 64.3 Å². The maximum atomic E-state index is 11.7. The number of hydrogen-bond donors (Lipinski definition) is 2. The summed E-state index contributed by atoms with van der Waals surface area (Å²) < 4.78 is 4.82. The molecule has 0 aliphatic rings. The van der Waals surface area contributed by atoms with Crippen LogP contribution in [0.2, 0.25) is 5.02 Å². The molecule has 0 saturated heterocycles. The first kappa shape index (κ1) is 14.0. The van der Waals surface area contributed by atoms with Gasteiger partial charge in [-0.3, -0.25) is 4.79 Å². The second-order valence-corrected chi connectivity index (χ2v) is 4.28. The molecule has 1 amide bonds. The van der Waals surface area contributed by atoms with Crippen molar-refractivity contribution in [1.29, 1.82) is 0 Å². The lowest BCUT2D eigenvalue weighted by Gasteiger charge is -2.17. The van der Waals surface area contributed by atoms with Gasteiger partial charge in [0.15, 0.2) is 0 Å². The maximum Gasteiger partial charge on any atom is 0.239 e. The largest absolute Gasteiger partial charge is 0.383 e. The van der Waals surface area contributed by atoms with Crippen molar-refractivity contribution in [3.8, 4) is 0 Å². The van der Waals surface area contributed by atoms with Gasteiger partial charge in [0.1, 0.15) is 6.04 Å². The third-order valence-electron chi connectivity index (χ3n) is 2.39. The molecule has 4 nitrogen and oxygen atoms in total. The lowest BCUT2D eigenvalue weighted by Crippen LogP contribution is -2.44. The van der Waals surface area contributed by atoms with E-state index in [2.05, 4.69) is 5.32 Å².